The number of carbonyl (C=O) groups is 1. The number of thioether (sulfide) groups is 1. The van der Waals surface area contributed by atoms with Gasteiger partial charge in [0.05, 0.1) is 11.1 Å². The van der Waals surface area contributed by atoms with Gasteiger partial charge < -0.3 is 0 Å². The summed E-state index contributed by atoms with van der Waals surface area (Å²) in [4.78, 5) is 22.3. The maximum absolute atomic E-state index is 13.1. The highest BCUT2D eigenvalue weighted by atomic mass is 35.5. The van der Waals surface area contributed by atoms with Crippen molar-refractivity contribution in [3.8, 4) is 0 Å². The van der Waals surface area contributed by atoms with Crippen molar-refractivity contribution < 1.29 is 4.79 Å². The predicted molar refractivity (Wildman–Crippen MR) is 118 cm³/mol. The molecule has 30 heavy (non-hydrogen) atoms. The van der Waals surface area contributed by atoms with Gasteiger partial charge in [0.15, 0.2) is 11.3 Å². The molecule has 6 nitrogen and oxygen atoms in total. The quantitative estimate of drug-likeness (QED) is 0.689. The van der Waals surface area contributed by atoms with Crippen LogP contribution in [-0.4, -0.2) is 21.1 Å². The Morgan fingerprint density at radius 3 is 2.63 bits per heavy atom. The van der Waals surface area contributed by atoms with Gasteiger partial charge in [0.1, 0.15) is 5.70 Å². The molecule has 1 atom stereocenters. The summed E-state index contributed by atoms with van der Waals surface area (Å²) in [6.07, 6.45) is 1.21. The summed E-state index contributed by atoms with van der Waals surface area (Å²) < 4.78 is 0. The molecule has 0 saturated heterocycles. The standard InChI is InChI=1S/C22H16ClN5OS/c23-15-10-8-14(9-11-15)13-30-22-26-21(29)19-16-5-1-2-6-17(16)25-20(28(19)27-22)18-7-3-4-12-24-18/h1-12,20H,13H2,(H,26,27,29)/t20-/m0/s1. The Kier molecular flexibility index (Phi) is 4.98. The van der Waals surface area contributed by atoms with Crippen molar-refractivity contribution in [2.24, 2.45) is 10.1 Å². The second-order valence-electron chi connectivity index (χ2n) is 6.74. The van der Waals surface area contributed by atoms with E-state index >= 15 is 0 Å². The molecule has 1 amide bonds. The molecule has 8 heteroatoms. The van der Waals surface area contributed by atoms with Crippen molar-refractivity contribution >= 4 is 40.1 Å². The Balaban J connectivity index is 1.54. The zero-order valence-electron chi connectivity index (χ0n) is 15.7. The smallest absolute Gasteiger partial charge is 0.276 e. The zero-order chi connectivity index (χ0) is 20.5. The van der Waals surface area contributed by atoms with E-state index in [0.29, 0.717) is 21.6 Å². The highest BCUT2D eigenvalue weighted by Gasteiger charge is 2.34. The fourth-order valence-electron chi connectivity index (χ4n) is 3.35. The molecule has 0 bridgehead atoms. The number of rotatable bonds is 3. The molecule has 1 N–H and O–H groups in total. The first kappa shape index (κ1) is 18.8. The number of hydrogen-bond acceptors (Lipinski definition) is 6. The average molecular weight is 434 g/mol. The lowest BCUT2D eigenvalue weighted by atomic mass is 10.1. The SMILES string of the molecule is O=C1NC(SCc2ccc(Cl)cc2)=NN2C1=c1ccccc1=N[C@@H]2c1ccccn1. The highest BCUT2D eigenvalue weighted by Crippen LogP contribution is 2.30. The number of nitrogens with one attached hydrogen (secondary N) is 1. The number of halogens is 1. The largest absolute Gasteiger partial charge is 0.298 e. The van der Waals surface area contributed by atoms with Crippen molar-refractivity contribution in [2.45, 2.75) is 11.9 Å². The van der Waals surface area contributed by atoms with Gasteiger partial charge in [0.2, 0.25) is 0 Å². The average Bonchev–Trinajstić information content (AvgIpc) is 2.78. The molecule has 148 valence electrons. The number of amides is 1. The minimum Gasteiger partial charge on any atom is -0.298 e. The third kappa shape index (κ3) is 3.58. The van der Waals surface area contributed by atoms with E-state index in [9.17, 15) is 4.79 Å². The van der Waals surface area contributed by atoms with Gasteiger partial charge in [-0.25, -0.2) is 5.01 Å². The highest BCUT2D eigenvalue weighted by molar-refractivity contribution is 8.13. The minimum absolute atomic E-state index is 0.202. The van der Waals surface area contributed by atoms with Crippen LogP contribution in [0.5, 0.6) is 0 Å². The first-order valence-electron chi connectivity index (χ1n) is 9.33. The molecule has 0 radical (unpaired) electrons. The third-order valence-corrected chi connectivity index (χ3v) is 5.94. The summed E-state index contributed by atoms with van der Waals surface area (Å²) in [5.41, 5.74) is 2.29. The Labute approximate surface area is 182 Å². The van der Waals surface area contributed by atoms with Crippen LogP contribution in [0.3, 0.4) is 0 Å². The molecule has 0 unspecified atom stereocenters. The Bertz CT molecular complexity index is 1260. The molecule has 0 saturated carbocycles. The molecule has 3 aromatic rings. The zero-order valence-corrected chi connectivity index (χ0v) is 17.3. The summed E-state index contributed by atoms with van der Waals surface area (Å²) in [6.45, 7) is 0. The molecule has 1 aromatic heterocycles. The lowest BCUT2D eigenvalue weighted by Crippen LogP contribution is -2.50. The summed E-state index contributed by atoms with van der Waals surface area (Å²) in [5, 5.41) is 12.0. The maximum Gasteiger partial charge on any atom is 0.276 e. The number of hydrazone groups is 1. The molecule has 0 fully saturated rings. The van der Waals surface area contributed by atoms with Crippen LogP contribution in [0.25, 0.3) is 5.70 Å². The van der Waals surface area contributed by atoms with Crippen LogP contribution >= 0.6 is 23.4 Å². The van der Waals surface area contributed by atoms with E-state index in [2.05, 4.69) is 10.3 Å². The van der Waals surface area contributed by atoms with E-state index in [4.69, 9.17) is 21.7 Å². The molecule has 2 aromatic carbocycles. The van der Waals surface area contributed by atoms with Gasteiger partial charge in [0.25, 0.3) is 5.91 Å². The number of benzene rings is 2. The van der Waals surface area contributed by atoms with Gasteiger partial charge in [-0.2, -0.15) is 0 Å². The van der Waals surface area contributed by atoms with Crippen molar-refractivity contribution in [2.75, 3.05) is 0 Å². The number of fused-ring (bicyclic) bond motifs is 2. The van der Waals surface area contributed by atoms with Crippen LogP contribution in [0.15, 0.2) is 83.0 Å². The number of nitrogens with zero attached hydrogens (tertiary/aromatic N) is 4. The lowest BCUT2D eigenvalue weighted by Gasteiger charge is -2.33. The molecule has 2 aliphatic rings. The van der Waals surface area contributed by atoms with Crippen molar-refractivity contribution in [1.82, 2.24) is 15.3 Å². The van der Waals surface area contributed by atoms with E-state index < -0.39 is 6.17 Å². The van der Waals surface area contributed by atoms with Gasteiger partial charge in [0, 0.05) is 22.2 Å². The number of hydrogen-bond donors (Lipinski definition) is 1. The van der Waals surface area contributed by atoms with E-state index in [1.807, 2.05) is 66.7 Å². The van der Waals surface area contributed by atoms with Crippen LogP contribution in [-0.2, 0) is 10.5 Å². The third-order valence-electron chi connectivity index (χ3n) is 4.76. The van der Waals surface area contributed by atoms with Gasteiger partial charge in [-0.1, -0.05) is 59.8 Å². The van der Waals surface area contributed by atoms with Crippen LogP contribution in [0.1, 0.15) is 17.4 Å². The maximum atomic E-state index is 13.1. The van der Waals surface area contributed by atoms with Gasteiger partial charge in [-0.15, -0.1) is 5.10 Å². The number of para-hydroxylation sites is 1. The summed E-state index contributed by atoms with van der Waals surface area (Å²) in [5.74, 6) is 0.452. The van der Waals surface area contributed by atoms with Crippen molar-refractivity contribution in [3.63, 3.8) is 0 Å². The number of pyridine rings is 1. The first-order chi connectivity index (χ1) is 14.7. The normalized spacial score (nSPS) is 17.4. The van der Waals surface area contributed by atoms with Crippen LogP contribution < -0.4 is 15.9 Å². The van der Waals surface area contributed by atoms with Crippen molar-refractivity contribution in [1.29, 1.82) is 0 Å². The molecular formula is C22H16ClN5OS. The second kappa shape index (κ2) is 7.93. The Hall–Kier alpha value is -3.16. The summed E-state index contributed by atoms with van der Waals surface area (Å²) in [6, 6.07) is 20.9. The van der Waals surface area contributed by atoms with Gasteiger partial charge in [-0.3, -0.25) is 20.1 Å². The molecule has 5 rings (SSSR count). The van der Waals surface area contributed by atoms with Gasteiger partial charge >= 0.3 is 0 Å². The molecule has 3 heterocycles. The fraction of sp³-hybridized carbons (Fsp3) is 0.0909. The molecule has 2 aliphatic heterocycles. The number of carbonyl (C=O) groups excluding carboxylic acids is 1. The Morgan fingerprint density at radius 2 is 1.83 bits per heavy atom. The predicted octanol–water partition coefficient (Wildman–Crippen LogP) is 2.81. The van der Waals surface area contributed by atoms with E-state index in [0.717, 1.165) is 21.8 Å². The molecule has 0 spiro atoms. The number of amidine groups is 1. The summed E-state index contributed by atoms with van der Waals surface area (Å²) in [7, 11) is 0. The lowest BCUT2D eigenvalue weighted by molar-refractivity contribution is -0.116. The summed E-state index contributed by atoms with van der Waals surface area (Å²) >= 11 is 7.41. The topological polar surface area (TPSA) is 70.0 Å². The fourth-order valence-corrected chi connectivity index (χ4v) is 4.28. The first-order valence-corrected chi connectivity index (χ1v) is 10.7. The number of aromatic nitrogens is 1. The second-order valence-corrected chi connectivity index (χ2v) is 8.14. The van der Waals surface area contributed by atoms with Crippen LogP contribution in [0.4, 0.5) is 0 Å². The van der Waals surface area contributed by atoms with E-state index in [-0.39, 0.29) is 5.91 Å². The Morgan fingerprint density at radius 1 is 1.03 bits per heavy atom. The van der Waals surface area contributed by atoms with Crippen molar-refractivity contribution in [3.05, 3.63) is 99.8 Å². The minimum atomic E-state index is -0.506. The van der Waals surface area contributed by atoms with Gasteiger partial charge in [-0.05, 0) is 35.9 Å². The monoisotopic (exact) mass is 433 g/mol. The van der Waals surface area contributed by atoms with E-state index in [1.165, 1.54) is 11.8 Å². The van der Waals surface area contributed by atoms with E-state index in [1.54, 1.807) is 11.2 Å². The molecular weight excluding hydrogens is 418 g/mol. The van der Waals surface area contributed by atoms with Crippen LogP contribution in [0, 0.1) is 0 Å². The molecule has 0 aliphatic carbocycles. The van der Waals surface area contributed by atoms with Crippen LogP contribution in [0.2, 0.25) is 5.02 Å².